The maximum Gasteiger partial charge on any atom is 0.220 e. The van der Waals surface area contributed by atoms with Crippen molar-refractivity contribution in [1.82, 2.24) is 20.0 Å². The highest BCUT2D eigenvalue weighted by Crippen LogP contribution is 2.17. The topological polar surface area (TPSA) is 63.6 Å². The van der Waals surface area contributed by atoms with Crippen LogP contribution in [0.1, 0.15) is 0 Å². The first-order chi connectivity index (χ1) is 8.68. The van der Waals surface area contributed by atoms with Gasteiger partial charge in [-0.25, -0.2) is 4.68 Å². The Morgan fingerprint density at radius 1 is 1.28 bits per heavy atom. The van der Waals surface area contributed by atoms with Gasteiger partial charge in [0.1, 0.15) is 14.8 Å². The molecule has 1 N–H and O–H groups in total. The van der Waals surface area contributed by atoms with Crippen molar-refractivity contribution in [2.75, 3.05) is 0 Å². The Morgan fingerprint density at radius 2 is 2.00 bits per heavy atom. The maximum absolute atomic E-state index is 12.4. The molecule has 0 spiro atoms. The minimum atomic E-state index is -0.0903. The second kappa shape index (κ2) is 4.20. The summed E-state index contributed by atoms with van der Waals surface area (Å²) in [6.07, 6.45) is 0. The molecule has 2 aromatic heterocycles. The summed E-state index contributed by atoms with van der Waals surface area (Å²) >= 11 is 2.06. The van der Waals surface area contributed by atoms with Gasteiger partial charge in [-0.05, 0) is 22.6 Å². The lowest BCUT2D eigenvalue weighted by atomic mass is 10.1. The van der Waals surface area contributed by atoms with E-state index in [4.69, 9.17) is 0 Å². The SMILES string of the molecule is Cn1nc(I)c2c(=O)c(-c3ccccc3)n[nH]c21. The van der Waals surface area contributed by atoms with Crippen molar-refractivity contribution in [3.8, 4) is 11.3 Å². The Kier molecular flexibility index (Phi) is 2.66. The molecule has 0 fully saturated rings. The van der Waals surface area contributed by atoms with E-state index in [2.05, 4.69) is 37.9 Å². The third-order valence-corrected chi connectivity index (χ3v) is 3.52. The van der Waals surface area contributed by atoms with Crippen LogP contribution in [0.2, 0.25) is 0 Å². The Hall–Kier alpha value is -1.70. The quantitative estimate of drug-likeness (QED) is 0.681. The fourth-order valence-electron chi connectivity index (χ4n) is 1.89. The molecule has 6 heteroatoms. The van der Waals surface area contributed by atoms with Crippen LogP contribution in [-0.4, -0.2) is 20.0 Å². The van der Waals surface area contributed by atoms with Crippen LogP contribution in [0, 0.1) is 3.70 Å². The fourth-order valence-corrected chi connectivity index (χ4v) is 2.71. The number of aryl methyl sites for hydroxylation is 1. The van der Waals surface area contributed by atoms with Gasteiger partial charge in [0.05, 0.1) is 0 Å². The first kappa shape index (κ1) is 11.4. The van der Waals surface area contributed by atoms with Crippen molar-refractivity contribution in [2.45, 2.75) is 0 Å². The molecule has 1 aromatic carbocycles. The largest absolute Gasteiger partial charge is 0.287 e. The van der Waals surface area contributed by atoms with Crippen LogP contribution in [-0.2, 0) is 7.05 Å². The summed E-state index contributed by atoms with van der Waals surface area (Å²) in [6, 6.07) is 9.41. The maximum atomic E-state index is 12.4. The van der Waals surface area contributed by atoms with Crippen LogP contribution in [0.5, 0.6) is 0 Å². The number of rotatable bonds is 1. The highest BCUT2D eigenvalue weighted by atomic mass is 127. The van der Waals surface area contributed by atoms with Crippen LogP contribution in [0.25, 0.3) is 22.3 Å². The summed E-state index contributed by atoms with van der Waals surface area (Å²) in [6.45, 7) is 0. The van der Waals surface area contributed by atoms with E-state index in [1.807, 2.05) is 30.3 Å². The third kappa shape index (κ3) is 1.64. The van der Waals surface area contributed by atoms with Crippen molar-refractivity contribution in [3.63, 3.8) is 0 Å². The van der Waals surface area contributed by atoms with Gasteiger partial charge in [-0.1, -0.05) is 30.3 Å². The molecule has 3 aromatic rings. The highest BCUT2D eigenvalue weighted by Gasteiger charge is 2.15. The van der Waals surface area contributed by atoms with Crippen LogP contribution in [0.15, 0.2) is 35.1 Å². The number of aromatic amines is 1. The van der Waals surface area contributed by atoms with E-state index >= 15 is 0 Å². The molecular weight excluding hydrogens is 343 g/mol. The molecule has 0 aliphatic heterocycles. The molecule has 18 heavy (non-hydrogen) atoms. The zero-order valence-electron chi connectivity index (χ0n) is 9.51. The van der Waals surface area contributed by atoms with Crippen molar-refractivity contribution in [3.05, 3.63) is 44.3 Å². The number of benzene rings is 1. The van der Waals surface area contributed by atoms with E-state index in [9.17, 15) is 4.79 Å². The monoisotopic (exact) mass is 352 g/mol. The molecule has 0 aliphatic carbocycles. The molecule has 2 heterocycles. The molecule has 0 saturated carbocycles. The Balaban J connectivity index is 2.37. The number of nitrogens with one attached hydrogen (secondary N) is 1. The predicted octanol–water partition coefficient (Wildman–Crippen LogP) is 1.93. The molecule has 3 rings (SSSR count). The zero-order valence-corrected chi connectivity index (χ0v) is 11.7. The van der Waals surface area contributed by atoms with E-state index in [0.717, 1.165) is 5.56 Å². The Bertz CT molecular complexity index is 776. The van der Waals surface area contributed by atoms with Gasteiger partial charge >= 0.3 is 0 Å². The summed E-state index contributed by atoms with van der Waals surface area (Å²) < 4.78 is 2.31. The summed E-state index contributed by atoms with van der Waals surface area (Å²) in [7, 11) is 1.78. The van der Waals surface area contributed by atoms with Gasteiger partial charge in [0.15, 0.2) is 5.65 Å². The van der Waals surface area contributed by atoms with Gasteiger partial charge in [0.2, 0.25) is 5.43 Å². The molecule has 0 radical (unpaired) electrons. The summed E-state index contributed by atoms with van der Waals surface area (Å²) in [5, 5.41) is 11.9. The number of hydrogen-bond acceptors (Lipinski definition) is 3. The van der Waals surface area contributed by atoms with Crippen molar-refractivity contribution >= 4 is 33.6 Å². The lowest BCUT2D eigenvalue weighted by Crippen LogP contribution is -2.10. The minimum Gasteiger partial charge on any atom is -0.287 e. The minimum absolute atomic E-state index is 0.0903. The van der Waals surface area contributed by atoms with E-state index in [1.54, 1.807) is 11.7 Å². The summed E-state index contributed by atoms with van der Waals surface area (Å²) in [4.78, 5) is 12.4. The van der Waals surface area contributed by atoms with Gasteiger partial charge in [0.25, 0.3) is 0 Å². The molecule has 0 unspecified atom stereocenters. The van der Waals surface area contributed by atoms with Crippen LogP contribution < -0.4 is 5.43 Å². The first-order valence-electron chi connectivity index (χ1n) is 5.35. The number of fused-ring (bicyclic) bond motifs is 1. The number of H-pyrrole nitrogens is 1. The van der Waals surface area contributed by atoms with E-state index in [0.29, 0.717) is 20.4 Å². The van der Waals surface area contributed by atoms with Crippen molar-refractivity contribution < 1.29 is 0 Å². The number of hydrogen-bond donors (Lipinski definition) is 1. The van der Waals surface area contributed by atoms with Gasteiger partial charge in [0, 0.05) is 12.6 Å². The van der Waals surface area contributed by atoms with Crippen LogP contribution >= 0.6 is 22.6 Å². The van der Waals surface area contributed by atoms with Crippen LogP contribution in [0.3, 0.4) is 0 Å². The average Bonchev–Trinajstić information content (AvgIpc) is 2.67. The highest BCUT2D eigenvalue weighted by molar-refractivity contribution is 14.1. The van der Waals surface area contributed by atoms with E-state index in [-0.39, 0.29) is 5.43 Å². The summed E-state index contributed by atoms with van der Waals surface area (Å²) in [5.74, 6) is 0. The van der Waals surface area contributed by atoms with Gasteiger partial charge < -0.3 is 0 Å². The molecule has 0 saturated heterocycles. The fraction of sp³-hybridized carbons (Fsp3) is 0.0833. The number of aromatic nitrogens is 4. The molecule has 5 nitrogen and oxygen atoms in total. The summed E-state index contributed by atoms with van der Waals surface area (Å²) in [5.41, 5.74) is 1.78. The van der Waals surface area contributed by atoms with Crippen LogP contribution in [0.4, 0.5) is 0 Å². The van der Waals surface area contributed by atoms with Gasteiger partial charge in [-0.3, -0.25) is 9.89 Å². The number of halogens is 1. The van der Waals surface area contributed by atoms with Crippen molar-refractivity contribution in [2.24, 2.45) is 7.05 Å². The van der Waals surface area contributed by atoms with Crippen molar-refractivity contribution in [1.29, 1.82) is 0 Å². The third-order valence-electron chi connectivity index (χ3n) is 2.77. The smallest absolute Gasteiger partial charge is 0.220 e. The number of nitrogens with zero attached hydrogens (tertiary/aromatic N) is 3. The first-order valence-corrected chi connectivity index (χ1v) is 6.42. The second-order valence-electron chi connectivity index (χ2n) is 3.91. The molecule has 0 amide bonds. The lowest BCUT2D eigenvalue weighted by molar-refractivity contribution is 0.770. The molecule has 0 aliphatic rings. The van der Waals surface area contributed by atoms with Gasteiger partial charge in [-0.15, -0.1) is 0 Å². The lowest BCUT2D eigenvalue weighted by Gasteiger charge is -2.00. The molecular formula is C12H9IN4O. The normalized spacial score (nSPS) is 11.0. The molecule has 90 valence electrons. The van der Waals surface area contributed by atoms with E-state index < -0.39 is 0 Å². The van der Waals surface area contributed by atoms with E-state index in [1.165, 1.54) is 0 Å². The predicted molar refractivity (Wildman–Crippen MR) is 77.3 cm³/mol. The molecule has 0 atom stereocenters. The Morgan fingerprint density at radius 3 is 2.72 bits per heavy atom. The van der Waals surface area contributed by atoms with Gasteiger partial charge in [-0.2, -0.15) is 10.2 Å². The second-order valence-corrected chi connectivity index (χ2v) is 4.93. The Labute approximate surface area is 116 Å². The average molecular weight is 352 g/mol. The standard InChI is InChI=1S/C12H9IN4O/c1-17-12-8(11(13)16-17)10(18)9(14-15-12)7-5-3-2-4-6-7/h2-6H,1H3,(H,15,18). The zero-order chi connectivity index (χ0) is 12.7. The molecule has 0 bridgehead atoms.